The van der Waals surface area contributed by atoms with Crippen LogP contribution in [0.4, 0.5) is 0 Å². The second kappa shape index (κ2) is 5.48. The van der Waals surface area contributed by atoms with Gasteiger partial charge in [0.25, 0.3) is 5.91 Å². The molecule has 2 aliphatic heterocycles. The predicted octanol–water partition coefficient (Wildman–Crippen LogP) is 1.90. The van der Waals surface area contributed by atoms with Gasteiger partial charge in [-0.15, -0.1) is 0 Å². The quantitative estimate of drug-likeness (QED) is 0.836. The topological polar surface area (TPSA) is 73.6 Å². The van der Waals surface area contributed by atoms with Gasteiger partial charge in [-0.3, -0.25) is 4.79 Å². The van der Waals surface area contributed by atoms with Gasteiger partial charge in [0.05, 0.1) is 11.2 Å². The summed E-state index contributed by atoms with van der Waals surface area (Å²) in [5, 5.41) is 2.85. The molecule has 23 heavy (non-hydrogen) atoms. The van der Waals surface area contributed by atoms with Gasteiger partial charge in [0.15, 0.2) is 0 Å². The Morgan fingerprint density at radius 3 is 2.57 bits per heavy atom. The molecule has 2 heterocycles. The van der Waals surface area contributed by atoms with E-state index < -0.39 is 18.3 Å². The van der Waals surface area contributed by atoms with Gasteiger partial charge in [0.1, 0.15) is 0 Å². The Balaban J connectivity index is 1.94. The Bertz CT molecular complexity index is 666. The normalized spacial score (nSPS) is 22.2. The highest BCUT2D eigenvalue weighted by molar-refractivity contribution is 6.55. The maximum absolute atomic E-state index is 11.8. The second-order valence-corrected chi connectivity index (χ2v) is 7.07. The lowest BCUT2D eigenvalue weighted by atomic mass is 9.76. The van der Waals surface area contributed by atoms with Crippen LogP contribution in [-0.2, 0) is 15.9 Å². The summed E-state index contributed by atoms with van der Waals surface area (Å²) in [6, 6.07) is 5.71. The first-order valence-electron chi connectivity index (χ1n) is 7.91. The fourth-order valence-electron chi connectivity index (χ4n) is 2.83. The Kier molecular flexibility index (Phi) is 3.87. The van der Waals surface area contributed by atoms with Crippen LogP contribution in [0, 0.1) is 0 Å². The zero-order valence-corrected chi connectivity index (χ0v) is 14.1. The largest absolute Gasteiger partial charge is 0.491 e. The molecule has 5 nitrogen and oxygen atoms in total. The van der Waals surface area contributed by atoms with Crippen LogP contribution in [0.1, 0.15) is 49.2 Å². The van der Waals surface area contributed by atoms with Crippen LogP contribution in [-0.4, -0.2) is 30.8 Å². The zero-order valence-electron chi connectivity index (χ0n) is 14.1. The van der Waals surface area contributed by atoms with Crippen LogP contribution in [0.2, 0.25) is 0 Å². The van der Waals surface area contributed by atoms with Gasteiger partial charge in [-0.05, 0) is 50.4 Å². The molecule has 0 radical (unpaired) electrons. The first-order chi connectivity index (χ1) is 10.7. The highest BCUT2D eigenvalue weighted by Crippen LogP contribution is 2.38. The molecular formula is C17H23BN2O3. The van der Waals surface area contributed by atoms with Crippen molar-refractivity contribution in [1.82, 2.24) is 5.32 Å². The molecule has 0 unspecified atom stereocenters. The second-order valence-electron chi connectivity index (χ2n) is 7.07. The van der Waals surface area contributed by atoms with Crippen LogP contribution in [0.3, 0.4) is 0 Å². The van der Waals surface area contributed by atoms with Gasteiger partial charge in [-0.2, -0.15) is 0 Å². The number of carbonyl (C=O) groups excluding carboxylic acids is 1. The molecule has 1 saturated heterocycles. The molecule has 0 bridgehead atoms. The van der Waals surface area contributed by atoms with E-state index in [-0.39, 0.29) is 5.91 Å². The van der Waals surface area contributed by atoms with Crippen LogP contribution >= 0.6 is 0 Å². The van der Waals surface area contributed by atoms with Crippen LogP contribution in [0.25, 0.3) is 6.08 Å². The minimum absolute atomic E-state index is 0.0276. The van der Waals surface area contributed by atoms with Gasteiger partial charge < -0.3 is 20.4 Å². The molecule has 6 heteroatoms. The summed E-state index contributed by atoms with van der Waals surface area (Å²) in [6.45, 7) is 8.95. The Labute approximate surface area is 137 Å². The molecule has 0 saturated carbocycles. The molecule has 0 aromatic heterocycles. The maximum atomic E-state index is 11.8. The summed E-state index contributed by atoms with van der Waals surface area (Å²) < 4.78 is 12.2. The number of amides is 1. The minimum atomic E-state index is -0.467. The lowest BCUT2D eigenvalue weighted by Gasteiger charge is -2.32. The summed E-state index contributed by atoms with van der Waals surface area (Å²) in [5.41, 5.74) is 8.72. The molecule has 0 aliphatic carbocycles. The van der Waals surface area contributed by atoms with E-state index in [1.807, 2.05) is 52.0 Å². The summed E-state index contributed by atoms with van der Waals surface area (Å²) in [6.07, 6.45) is 1.99. The van der Waals surface area contributed by atoms with Crippen molar-refractivity contribution in [2.45, 2.75) is 45.4 Å². The molecular weight excluding hydrogens is 291 g/mol. The highest BCUT2D eigenvalue weighted by Gasteiger charge is 2.52. The molecule has 122 valence electrons. The average Bonchev–Trinajstić information content (AvgIpc) is 2.95. The summed E-state index contributed by atoms with van der Waals surface area (Å²) in [7, 11) is -0.467. The SMILES string of the molecule is CC1(C)OB(C(=Cc2cccc3c2CNC3=O)CN)OC1(C)C. The summed E-state index contributed by atoms with van der Waals surface area (Å²) >= 11 is 0. The zero-order chi connectivity index (χ0) is 16.8. The van der Waals surface area contributed by atoms with E-state index in [1.165, 1.54) is 0 Å². The number of fused-ring (bicyclic) bond motifs is 1. The highest BCUT2D eigenvalue weighted by atomic mass is 16.7. The molecule has 3 rings (SSSR count). The summed E-state index contributed by atoms with van der Waals surface area (Å²) in [5.74, 6) is -0.0276. The third kappa shape index (κ3) is 2.71. The van der Waals surface area contributed by atoms with Gasteiger partial charge in [-0.1, -0.05) is 18.2 Å². The van der Waals surface area contributed by atoms with Gasteiger partial charge in [-0.25, -0.2) is 0 Å². The van der Waals surface area contributed by atoms with E-state index in [2.05, 4.69) is 5.32 Å². The number of hydrogen-bond acceptors (Lipinski definition) is 4. The number of nitrogens with two attached hydrogens (primary N) is 1. The predicted molar refractivity (Wildman–Crippen MR) is 90.7 cm³/mol. The van der Waals surface area contributed by atoms with Crippen molar-refractivity contribution in [1.29, 1.82) is 0 Å². The van der Waals surface area contributed by atoms with Crippen molar-refractivity contribution in [3.63, 3.8) is 0 Å². The standard InChI is InChI=1S/C17H23BN2O3/c1-16(2)17(3,4)23-18(22-16)12(9-19)8-11-6-5-7-13-14(11)10-20-15(13)21/h5-8H,9-10,19H2,1-4H3,(H,20,21). The van der Waals surface area contributed by atoms with E-state index >= 15 is 0 Å². The molecule has 0 spiro atoms. The van der Waals surface area contributed by atoms with Crippen molar-refractivity contribution in [3.8, 4) is 0 Å². The minimum Gasteiger partial charge on any atom is -0.400 e. The van der Waals surface area contributed by atoms with Gasteiger partial charge in [0.2, 0.25) is 0 Å². The number of benzene rings is 1. The maximum Gasteiger partial charge on any atom is 0.491 e. The van der Waals surface area contributed by atoms with Crippen molar-refractivity contribution < 1.29 is 14.1 Å². The molecule has 3 N–H and O–H groups in total. The molecule has 2 aliphatic rings. The van der Waals surface area contributed by atoms with Crippen LogP contribution in [0.5, 0.6) is 0 Å². The first-order valence-corrected chi connectivity index (χ1v) is 7.91. The molecule has 1 aromatic carbocycles. The molecule has 0 atom stereocenters. The van der Waals surface area contributed by atoms with E-state index in [0.717, 1.165) is 22.2 Å². The molecule has 1 amide bonds. The number of nitrogens with one attached hydrogen (secondary N) is 1. The number of hydrogen-bond donors (Lipinski definition) is 2. The molecule has 1 aromatic rings. The van der Waals surface area contributed by atoms with Crippen molar-refractivity contribution in [2.24, 2.45) is 5.73 Å². The van der Waals surface area contributed by atoms with Crippen LogP contribution < -0.4 is 11.1 Å². The smallest absolute Gasteiger partial charge is 0.400 e. The monoisotopic (exact) mass is 314 g/mol. The van der Waals surface area contributed by atoms with Crippen molar-refractivity contribution in [2.75, 3.05) is 6.54 Å². The van der Waals surface area contributed by atoms with Crippen LogP contribution in [0.15, 0.2) is 23.7 Å². The van der Waals surface area contributed by atoms with E-state index in [9.17, 15) is 4.79 Å². The lowest BCUT2D eigenvalue weighted by Crippen LogP contribution is -2.41. The summed E-state index contributed by atoms with van der Waals surface area (Å²) in [4.78, 5) is 11.8. The van der Waals surface area contributed by atoms with Gasteiger partial charge in [0, 0.05) is 18.7 Å². The Morgan fingerprint density at radius 1 is 1.30 bits per heavy atom. The lowest BCUT2D eigenvalue weighted by molar-refractivity contribution is 0.00578. The third-order valence-corrected chi connectivity index (χ3v) is 5.02. The van der Waals surface area contributed by atoms with E-state index in [1.54, 1.807) is 0 Å². The van der Waals surface area contributed by atoms with Gasteiger partial charge >= 0.3 is 7.12 Å². The van der Waals surface area contributed by atoms with E-state index in [0.29, 0.717) is 13.1 Å². The Morgan fingerprint density at radius 2 is 1.96 bits per heavy atom. The fraction of sp³-hybridized carbons (Fsp3) is 0.471. The molecule has 1 fully saturated rings. The van der Waals surface area contributed by atoms with Crippen molar-refractivity contribution in [3.05, 3.63) is 40.4 Å². The van der Waals surface area contributed by atoms with Crippen molar-refractivity contribution >= 4 is 19.1 Å². The fourth-order valence-corrected chi connectivity index (χ4v) is 2.83. The number of carbonyl (C=O) groups is 1. The average molecular weight is 314 g/mol. The third-order valence-electron chi connectivity index (χ3n) is 5.02. The number of rotatable bonds is 3. The van der Waals surface area contributed by atoms with E-state index in [4.69, 9.17) is 15.0 Å². The Hall–Kier alpha value is -1.63. The first kappa shape index (κ1) is 16.2.